The lowest BCUT2D eigenvalue weighted by atomic mass is 10.2. The third-order valence-corrected chi connectivity index (χ3v) is 1.65. The fraction of sp³-hybridized carbons (Fsp3) is 0. The highest BCUT2D eigenvalue weighted by atomic mass is 16.3. The molecule has 0 saturated heterocycles. The fourth-order valence-corrected chi connectivity index (χ4v) is 1.09. The average Bonchev–Trinajstić information content (AvgIpc) is 2.46. The first-order chi connectivity index (χ1) is 5.77. The molecule has 1 heterocycles. The van der Waals surface area contributed by atoms with Gasteiger partial charge >= 0.3 is 5.91 Å². The van der Waals surface area contributed by atoms with Crippen LogP contribution in [0.1, 0.15) is 10.6 Å². The molecule has 0 fully saturated rings. The van der Waals surface area contributed by atoms with Crippen LogP contribution in [0.2, 0.25) is 0 Å². The number of hydrogen-bond acceptors (Lipinski definition) is 2. The van der Waals surface area contributed by atoms with Crippen molar-refractivity contribution < 1.29 is 9.21 Å². The topological polar surface area (TPSA) is 54.0 Å². The van der Waals surface area contributed by atoms with Crippen molar-refractivity contribution in [1.82, 2.24) is 5.73 Å². The van der Waals surface area contributed by atoms with Crippen LogP contribution in [-0.2, 0) is 0 Å². The van der Waals surface area contributed by atoms with Gasteiger partial charge in [-0.25, -0.2) is 0 Å². The van der Waals surface area contributed by atoms with E-state index in [0.717, 1.165) is 5.39 Å². The maximum atomic E-state index is 10.6. The molecule has 0 aliphatic rings. The molecule has 0 aliphatic carbocycles. The zero-order valence-corrected chi connectivity index (χ0v) is 6.20. The number of fused-ring (bicyclic) bond motifs is 1. The van der Waals surface area contributed by atoms with Crippen molar-refractivity contribution in [3.05, 3.63) is 36.1 Å². The highest BCUT2D eigenvalue weighted by Gasteiger charge is 2.07. The molecule has 3 heteroatoms. The normalized spacial score (nSPS) is 10.3. The van der Waals surface area contributed by atoms with Crippen molar-refractivity contribution >= 4 is 16.9 Å². The Bertz CT molecular complexity index is 398. The van der Waals surface area contributed by atoms with E-state index in [1.807, 2.05) is 18.2 Å². The number of rotatable bonds is 1. The lowest BCUT2D eigenvalue weighted by Gasteiger charge is -1.83. The van der Waals surface area contributed by atoms with Gasteiger partial charge in [0.2, 0.25) is 0 Å². The molecule has 0 aliphatic heterocycles. The van der Waals surface area contributed by atoms with Crippen molar-refractivity contribution in [3.63, 3.8) is 0 Å². The largest absolute Gasteiger partial charge is 0.451 e. The number of amides is 1. The van der Waals surface area contributed by atoms with Crippen LogP contribution in [0.4, 0.5) is 0 Å². The molecular formula is C9H6NO2. The molecule has 2 rings (SSSR count). The van der Waals surface area contributed by atoms with Gasteiger partial charge in [-0.3, -0.25) is 10.5 Å². The monoisotopic (exact) mass is 160 g/mol. The number of carbonyl (C=O) groups excluding carboxylic acids is 1. The first-order valence-corrected chi connectivity index (χ1v) is 3.52. The van der Waals surface area contributed by atoms with E-state index < -0.39 is 5.91 Å². The summed E-state index contributed by atoms with van der Waals surface area (Å²) in [6.45, 7) is 0. The van der Waals surface area contributed by atoms with Gasteiger partial charge in [0.15, 0.2) is 5.76 Å². The Hall–Kier alpha value is -1.77. The summed E-state index contributed by atoms with van der Waals surface area (Å²) in [7, 11) is 0. The lowest BCUT2D eigenvalue weighted by Crippen LogP contribution is -1.94. The van der Waals surface area contributed by atoms with E-state index in [9.17, 15) is 4.79 Å². The molecule has 1 aromatic carbocycles. The summed E-state index contributed by atoms with van der Waals surface area (Å²) in [5.41, 5.74) is 7.46. The predicted octanol–water partition coefficient (Wildman–Crippen LogP) is 1.86. The second-order valence-corrected chi connectivity index (χ2v) is 2.48. The summed E-state index contributed by atoms with van der Waals surface area (Å²) in [6, 6.07) is 8.86. The van der Waals surface area contributed by atoms with Crippen LogP contribution < -0.4 is 5.73 Å². The van der Waals surface area contributed by atoms with Gasteiger partial charge in [0.25, 0.3) is 0 Å². The van der Waals surface area contributed by atoms with E-state index in [4.69, 9.17) is 10.2 Å². The SMILES string of the molecule is [NH]C(=O)c1cc2ccccc2o1. The van der Waals surface area contributed by atoms with E-state index >= 15 is 0 Å². The number of para-hydroxylation sites is 1. The van der Waals surface area contributed by atoms with Crippen LogP contribution in [0.25, 0.3) is 11.0 Å². The van der Waals surface area contributed by atoms with Crippen molar-refractivity contribution in [3.8, 4) is 0 Å². The van der Waals surface area contributed by atoms with E-state index in [1.165, 1.54) is 0 Å². The molecule has 0 bridgehead atoms. The molecule has 2 aromatic rings. The first kappa shape index (κ1) is 6.91. The zero-order chi connectivity index (χ0) is 8.55. The molecule has 0 spiro atoms. The van der Waals surface area contributed by atoms with Crippen molar-refractivity contribution in [1.29, 1.82) is 0 Å². The number of nitrogens with one attached hydrogen (secondary N) is 1. The molecule has 3 nitrogen and oxygen atoms in total. The van der Waals surface area contributed by atoms with E-state index in [2.05, 4.69) is 0 Å². The number of furan rings is 1. The Kier molecular flexibility index (Phi) is 1.37. The molecule has 0 atom stereocenters. The summed E-state index contributed by atoms with van der Waals surface area (Å²) < 4.78 is 5.09. The number of carbonyl (C=O) groups is 1. The Morgan fingerprint density at radius 1 is 1.33 bits per heavy atom. The van der Waals surface area contributed by atoms with Crippen molar-refractivity contribution in [2.75, 3.05) is 0 Å². The molecule has 0 unspecified atom stereocenters. The second-order valence-electron chi connectivity index (χ2n) is 2.48. The van der Waals surface area contributed by atoms with Gasteiger partial charge in [-0.1, -0.05) is 18.2 Å². The smallest absolute Gasteiger partial charge is 0.305 e. The molecule has 1 radical (unpaired) electrons. The molecule has 1 amide bonds. The minimum atomic E-state index is -0.786. The average molecular weight is 160 g/mol. The van der Waals surface area contributed by atoms with Gasteiger partial charge in [-0.15, -0.1) is 0 Å². The third-order valence-electron chi connectivity index (χ3n) is 1.65. The molecule has 1 aromatic heterocycles. The highest BCUT2D eigenvalue weighted by molar-refractivity contribution is 5.94. The van der Waals surface area contributed by atoms with Gasteiger partial charge in [-0.2, -0.15) is 0 Å². The van der Waals surface area contributed by atoms with E-state index in [-0.39, 0.29) is 5.76 Å². The van der Waals surface area contributed by atoms with Crippen LogP contribution >= 0.6 is 0 Å². The van der Waals surface area contributed by atoms with Crippen LogP contribution in [0.3, 0.4) is 0 Å². The third kappa shape index (κ3) is 0.955. The van der Waals surface area contributed by atoms with E-state index in [0.29, 0.717) is 5.58 Å². The number of hydrogen-bond donors (Lipinski definition) is 0. The van der Waals surface area contributed by atoms with Gasteiger partial charge in [0, 0.05) is 5.39 Å². The Morgan fingerprint density at radius 2 is 2.08 bits per heavy atom. The van der Waals surface area contributed by atoms with Crippen molar-refractivity contribution in [2.24, 2.45) is 0 Å². The standard InChI is InChI=1S/C9H6NO2/c10-9(11)8-5-6-3-1-2-4-7(6)12-8/h1-5,10H. The summed E-state index contributed by atoms with van der Waals surface area (Å²) in [4.78, 5) is 10.6. The molecular weight excluding hydrogens is 154 g/mol. The Labute approximate surface area is 68.8 Å². The Morgan fingerprint density at radius 3 is 2.75 bits per heavy atom. The second kappa shape index (κ2) is 2.37. The minimum Gasteiger partial charge on any atom is -0.451 e. The summed E-state index contributed by atoms with van der Waals surface area (Å²) in [5.74, 6) is -0.692. The van der Waals surface area contributed by atoms with Crippen LogP contribution in [0.5, 0.6) is 0 Å². The van der Waals surface area contributed by atoms with Crippen LogP contribution in [-0.4, -0.2) is 5.91 Å². The van der Waals surface area contributed by atoms with Gasteiger partial charge < -0.3 is 4.42 Å². The number of benzene rings is 1. The summed E-state index contributed by atoms with van der Waals surface area (Å²) >= 11 is 0. The maximum absolute atomic E-state index is 10.6. The summed E-state index contributed by atoms with van der Waals surface area (Å²) in [6.07, 6.45) is 0. The summed E-state index contributed by atoms with van der Waals surface area (Å²) in [5, 5.41) is 0.855. The predicted molar refractivity (Wildman–Crippen MR) is 43.6 cm³/mol. The van der Waals surface area contributed by atoms with Gasteiger partial charge in [-0.05, 0) is 12.1 Å². The molecule has 0 saturated carbocycles. The molecule has 59 valence electrons. The van der Waals surface area contributed by atoms with E-state index in [1.54, 1.807) is 12.1 Å². The maximum Gasteiger partial charge on any atom is 0.305 e. The van der Waals surface area contributed by atoms with Crippen LogP contribution in [0.15, 0.2) is 34.7 Å². The highest BCUT2D eigenvalue weighted by Crippen LogP contribution is 2.18. The quantitative estimate of drug-likeness (QED) is 0.639. The fourth-order valence-electron chi connectivity index (χ4n) is 1.09. The van der Waals surface area contributed by atoms with Crippen molar-refractivity contribution in [2.45, 2.75) is 0 Å². The Balaban J connectivity index is 2.70. The first-order valence-electron chi connectivity index (χ1n) is 3.52. The molecule has 12 heavy (non-hydrogen) atoms. The van der Waals surface area contributed by atoms with Crippen LogP contribution in [0, 0.1) is 0 Å². The lowest BCUT2D eigenvalue weighted by molar-refractivity contribution is 0.0967. The van der Waals surface area contributed by atoms with Gasteiger partial charge in [0.05, 0.1) is 0 Å². The molecule has 1 N–H and O–H groups in total. The van der Waals surface area contributed by atoms with Gasteiger partial charge in [0.1, 0.15) is 5.58 Å². The minimum absolute atomic E-state index is 0.0937. The zero-order valence-electron chi connectivity index (χ0n) is 6.20.